The number of aromatic nitrogens is 2. The van der Waals surface area contributed by atoms with Crippen LogP contribution in [0.3, 0.4) is 0 Å². The Kier molecular flexibility index (Phi) is 2.18. The van der Waals surface area contributed by atoms with E-state index in [1.807, 2.05) is 25.3 Å². The summed E-state index contributed by atoms with van der Waals surface area (Å²) in [7, 11) is 1.65. The van der Waals surface area contributed by atoms with Crippen molar-refractivity contribution in [2.24, 2.45) is 0 Å². The smallest absolute Gasteiger partial charge is 0.252 e. The van der Waals surface area contributed by atoms with Gasteiger partial charge in [-0.05, 0) is 31.9 Å². The minimum absolute atomic E-state index is 0.0418. The number of aryl methyl sites for hydroxylation is 1. The number of hydrogen-bond acceptors (Lipinski definition) is 2. The second-order valence-electron chi connectivity index (χ2n) is 4.56. The Morgan fingerprint density at radius 2 is 2.24 bits per heavy atom. The van der Waals surface area contributed by atoms with Gasteiger partial charge in [0.2, 0.25) is 0 Å². The molecule has 2 aromatic rings. The van der Waals surface area contributed by atoms with E-state index in [0.29, 0.717) is 5.92 Å². The summed E-state index contributed by atoms with van der Waals surface area (Å²) < 4.78 is 2.11. The van der Waals surface area contributed by atoms with Crippen molar-refractivity contribution >= 4 is 11.4 Å². The molecule has 1 saturated carbocycles. The van der Waals surface area contributed by atoms with Gasteiger partial charge in [0.15, 0.2) is 0 Å². The van der Waals surface area contributed by atoms with Crippen LogP contribution in [0.25, 0.3) is 5.52 Å². The van der Waals surface area contributed by atoms with Crippen molar-refractivity contribution in [2.45, 2.75) is 25.7 Å². The van der Waals surface area contributed by atoms with Crippen molar-refractivity contribution in [3.8, 4) is 0 Å². The number of pyridine rings is 1. The van der Waals surface area contributed by atoms with E-state index < -0.39 is 0 Å². The fraction of sp³-hybridized carbons (Fsp3) is 0.385. The van der Waals surface area contributed by atoms with E-state index >= 15 is 0 Å². The van der Waals surface area contributed by atoms with Crippen LogP contribution in [0.2, 0.25) is 0 Å². The first-order valence-electron chi connectivity index (χ1n) is 5.91. The molecule has 3 rings (SSSR count). The van der Waals surface area contributed by atoms with E-state index in [2.05, 4.69) is 14.7 Å². The van der Waals surface area contributed by atoms with Crippen molar-refractivity contribution in [1.29, 1.82) is 0 Å². The molecule has 0 saturated heterocycles. The summed E-state index contributed by atoms with van der Waals surface area (Å²) in [6, 6.07) is 3.82. The first-order valence-corrected chi connectivity index (χ1v) is 5.91. The van der Waals surface area contributed by atoms with Crippen molar-refractivity contribution < 1.29 is 4.79 Å². The lowest BCUT2D eigenvalue weighted by Gasteiger charge is -2.09. The van der Waals surface area contributed by atoms with Gasteiger partial charge < -0.3 is 5.32 Å². The van der Waals surface area contributed by atoms with Crippen LogP contribution in [-0.2, 0) is 0 Å². The molecule has 0 bridgehead atoms. The number of carbonyl (C=O) groups is 1. The molecule has 0 aliphatic heterocycles. The number of nitrogens with one attached hydrogen (secondary N) is 1. The van der Waals surface area contributed by atoms with Gasteiger partial charge in [-0.15, -0.1) is 0 Å². The van der Waals surface area contributed by atoms with Crippen LogP contribution in [0.4, 0.5) is 0 Å². The number of carbonyl (C=O) groups excluding carboxylic acids is 1. The van der Waals surface area contributed by atoms with Gasteiger partial charge in [0.05, 0.1) is 17.3 Å². The highest BCUT2D eigenvalue weighted by molar-refractivity contribution is 5.95. The third kappa shape index (κ3) is 1.52. The molecule has 4 nitrogen and oxygen atoms in total. The third-order valence-electron chi connectivity index (χ3n) is 3.38. The molecule has 0 unspecified atom stereocenters. The zero-order valence-corrected chi connectivity index (χ0v) is 10.0. The van der Waals surface area contributed by atoms with Crippen LogP contribution in [0.15, 0.2) is 18.3 Å². The van der Waals surface area contributed by atoms with Crippen LogP contribution < -0.4 is 5.32 Å². The summed E-state index contributed by atoms with van der Waals surface area (Å²) in [6.45, 7) is 1.98. The van der Waals surface area contributed by atoms with Gasteiger partial charge >= 0.3 is 0 Å². The fourth-order valence-electron chi connectivity index (χ4n) is 2.28. The Morgan fingerprint density at radius 3 is 2.88 bits per heavy atom. The summed E-state index contributed by atoms with van der Waals surface area (Å²) in [5, 5.41) is 2.67. The molecule has 0 spiro atoms. The fourth-order valence-corrected chi connectivity index (χ4v) is 2.28. The molecule has 88 valence electrons. The summed E-state index contributed by atoms with van der Waals surface area (Å²) >= 11 is 0. The second kappa shape index (κ2) is 3.58. The van der Waals surface area contributed by atoms with Gasteiger partial charge in [0.25, 0.3) is 5.91 Å². The molecule has 17 heavy (non-hydrogen) atoms. The summed E-state index contributed by atoms with van der Waals surface area (Å²) in [5.74, 6) is 1.64. The van der Waals surface area contributed by atoms with Gasteiger partial charge in [-0.25, -0.2) is 4.98 Å². The number of amides is 1. The first kappa shape index (κ1) is 10.3. The maximum absolute atomic E-state index is 11.8. The Bertz CT molecular complexity index is 596. The quantitative estimate of drug-likeness (QED) is 0.854. The number of hydrogen-bond donors (Lipinski definition) is 1. The number of imidazole rings is 1. The molecule has 2 aromatic heterocycles. The Hall–Kier alpha value is -1.84. The normalized spacial score (nSPS) is 15.2. The maximum atomic E-state index is 11.8. The molecular weight excluding hydrogens is 214 g/mol. The topological polar surface area (TPSA) is 46.4 Å². The van der Waals surface area contributed by atoms with Crippen LogP contribution in [0.1, 0.15) is 40.6 Å². The molecule has 1 aliphatic carbocycles. The predicted octanol–water partition coefficient (Wildman–Crippen LogP) is 1.88. The van der Waals surface area contributed by atoms with Crippen LogP contribution in [-0.4, -0.2) is 22.3 Å². The monoisotopic (exact) mass is 229 g/mol. The minimum Gasteiger partial charge on any atom is -0.355 e. The molecule has 1 amide bonds. The first-order chi connectivity index (χ1) is 8.22. The molecule has 4 heteroatoms. The third-order valence-corrected chi connectivity index (χ3v) is 3.38. The largest absolute Gasteiger partial charge is 0.355 e. The van der Waals surface area contributed by atoms with Gasteiger partial charge in [0.1, 0.15) is 5.82 Å². The van der Waals surface area contributed by atoms with Crippen LogP contribution in [0.5, 0.6) is 0 Å². The van der Waals surface area contributed by atoms with Crippen LogP contribution in [0, 0.1) is 6.92 Å². The molecule has 0 radical (unpaired) electrons. The van der Waals surface area contributed by atoms with Crippen LogP contribution >= 0.6 is 0 Å². The van der Waals surface area contributed by atoms with Crippen molar-refractivity contribution in [3.63, 3.8) is 0 Å². The number of rotatable bonds is 2. The van der Waals surface area contributed by atoms with Gasteiger partial charge in [0, 0.05) is 18.7 Å². The minimum atomic E-state index is -0.0418. The van der Waals surface area contributed by atoms with Crippen molar-refractivity contribution in [1.82, 2.24) is 14.7 Å². The van der Waals surface area contributed by atoms with E-state index in [4.69, 9.17) is 0 Å². The molecule has 1 N–H and O–H groups in total. The standard InChI is InChI=1S/C13H15N3O/c1-8-11(13(17)14-2)6-5-10-7-15-12(16(8)10)9-3-4-9/h5-7,9H,3-4H2,1-2H3,(H,14,17). The van der Waals surface area contributed by atoms with E-state index in [0.717, 1.165) is 22.6 Å². The molecule has 0 aromatic carbocycles. The van der Waals surface area contributed by atoms with Gasteiger partial charge in [-0.1, -0.05) is 0 Å². The Labute approximate surface area is 99.7 Å². The van der Waals surface area contributed by atoms with E-state index in [1.165, 1.54) is 12.8 Å². The molecular formula is C13H15N3O. The molecule has 2 heterocycles. The average Bonchev–Trinajstić information content (AvgIpc) is 3.09. The van der Waals surface area contributed by atoms with Crippen molar-refractivity contribution in [2.75, 3.05) is 7.05 Å². The lowest BCUT2D eigenvalue weighted by molar-refractivity contribution is 0.0962. The average molecular weight is 229 g/mol. The van der Waals surface area contributed by atoms with Crippen molar-refractivity contribution in [3.05, 3.63) is 35.4 Å². The lowest BCUT2D eigenvalue weighted by atomic mass is 10.1. The highest BCUT2D eigenvalue weighted by atomic mass is 16.1. The summed E-state index contributed by atoms with van der Waals surface area (Å²) in [5.41, 5.74) is 2.76. The maximum Gasteiger partial charge on any atom is 0.252 e. The van der Waals surface area contributed by atoms with E-state index in [1.54, 1.807) is 7.05 Å². The molecule has 1 aliphatic rings. The Morgan fingerprint density at radius 1 is 1.47 bits per heavy atom. The van der Waals surface area contributed by atoms with E-state index in [-0.39, 0.29) is 5.91 Å². The molecule has 0 atom stereocenters. The molecule has 1 fully saturated rings. The zero-order valence-electron chi connectivity index (χ0n) is 10.0. The number of nitrogens with zero attached hydrogens (tertiary/aromatic N) is 2. The highest BCUT2D eigenvalue weighted by Crippen LogP contribution is 2.39. The SMILES string of the molecule is CNC(=O)c1ccc2cnc(C3CC3)n2c1C. The summed E-state index contributed by atoms with van der Waals surface area (Å²) in [4.78, 5) is 16.2. The predicted molar refractivity (Wildman–Crippen MR) is 65.3 cm³/mol. The lowest BCUT2D eigenvalue weighted by Crippen LogP contribution is -2.20. The van der Waals surface area contributed by atoms with Gasteiger partial charge in [-0.2, -0.15) is 0 Å². The summed E-state index contributed by atoms with van der Waals surface area (Å²) in [6.07, 6.45) is 4.31. The zero-order chi connectivity index (χ0) is 12.0. The Balaban J connectivity index is 2.24. The number of fused-ring (bicyclic) bond motifs is 1. The highest BCUT2D eigenvalue weighted by Gasteiger charge is 2.28. The van der Waals surface area contributed by atoms with Gasteiger partial charge in [-0.3, -0.25) is 9.20 Å². The van der Waals surface area contributed by atoms with E-state index in [9.17, 15) is 4.79 Å². The second-order valence-corrected chi connectivity index (χ2v) is 4.56.